The SMILES string of the molecule is CSNCC1CN(Cc2ccc3c(ccn3-c3cc(Cl)c(OCCCl)c(C#N)c3)c2)CCO1. The molecule has 0 bridgehead atoms. The fourth-order valence-corrected chi connectivity index (χ4v) is 4.78. The van der Waals surface area contributed by atoms with E-state index in [0.717, 1.165) is 49.4 Å². The molecule has 2 heterocycles. The van der Waals surface area contributed by atoms with Gasteiger partial charge in [-0.25, -0.2) is 0 Å². The lowest BCUT2D eigenvalue weighted by Crippen LogP contribution is -2.45. The molecule has 2 aromatic carbocycles. The monoisotopic (exact) mass is 504 g/mol. The fourth-order valence-electron chi connectivity index (χ4n) is 4.09. The first kappa shape index (κ1) is 24.2. The van der Waals surface area contributed by atoms with E-state index in [1.807, 2.05) is 23.1 Å². The molecule has 1 saturated heterocycles. The summed E-state index contributed by atoms with van der Waals surface area (Å²) in [6, 6.07) is 14.4. The quantitative estimate of drug-likeness (QED) is 0.332. The average Bonchev–Trinajstić information content (AvgIpc) is 3.25. The van der Waals surface area contributed by atoms with Crippen LogP contribution in [0.15, 0.2) is 42.6 Å². The number of ether oxygens (including phenoxy) is 2. The summed E-state index contributed by atoms with van der Waals surface area (Å²) in [5.74, 6) is 0.701. The molecule has 6 nitrogen and oxygen atoms in total. The number of nitriles is 1. The average molecular weight is 505 g/mol. The van der Waals surface area contributed by atoms with Crippen LogP contribution in [-0.2, 0) is 11.3 Å². The van der Waals surface area contributed by atoms with Gasteiger partial charge in [-0.2, -0.15) is 5.26 Å². The van der Waals surface area contributed by atoms with E-state index >= 15 is 0 Å². The van der Waals surface area contributed by atoms with Gasteiger partial charge in [0.1, 0.15) is 12.7 Å². The molecule has 1 atom stereocenters. The second-order valence-corrected chi connectivity index (χ2v) is 9.30. The van der Waals surface area contributed by atoms with Crippen LogP contribution < -0.4 is 9.46 Å². The molecular formula is C24H26Cl2N4O2S. The molecule has 0 amide bonds. The van der Waals surface area contributed by atoms with Gasteiger partial charge in [-0.1, -0.05) is 29.6 Å². The summed E-state index contributed by atoms with van der Waals surface area (Å²) in [4.78, 5) is 2.44. The molecule has 0 spiro atoms. The molecule has 1 aliphatic heterocycles. The first-order valence-corrected chi connectivity index (χ1v) is 12.9. The van der Waals surface area contributed by atoms with E-state index in [0.29, 0.717) is 28.8 Å². The Balaban J connectivity index is 1.54. The second kappa shape index (κ2) is 11.5. The lowest BCUT2D eigenvalue weighted by atomic mass is 10.1. The third kappa shape index (κ3) is 5.78. The Kier molecular flexibility index (Phi) is 8.42. The number of nitrogens with one attached hydrogen (secondary N) is 1. The first-order chi connectivity index (χ1) is 16.1. The zero-order valence-electron chi connectivity index (χ0n) is 18.4. The molecule has 0 aliphatic carbocycles. The number of halogens is 2. The molecule has 9 heteroatoms. The fraction of sp³-hybridized carbons (Fsp3) is 0.375. The summed E-state index contributed by atoms with van der Waals surface area (Å²) in [5.41, 5.74) is 3.52. The van der Waals surface area contributed by atoms with Gasteiger partial charge in [0, 0.05) is 43.4 Å². The predicted molar refractivity (Wildman–Crippen MR) is 136 cm³/mol. The highest BCUT2D eigenvalue weighted by atomic mass is 35.5. The van der Waals surface area contributed by atoms with Gasteiger partial charge >= 0.3 is 0 Å². The van der Waals surface area contributed by atoms with Crippen molar-refractivity contribution in [2.24, 2.45) is 0 Å². The Bertz CT molecular complexity index is 1150. The van der Waals surface area contributed by atoms with Gasteiger partial charge in [-0.15, -0.1) is 11.6 Å². The van der Waals surface area contributed by atoms with Crippen LogP contribution in [-0.4, -0.2) is 60.6 Å². The first-order valence-electron chi connectivity index (χ1n) is 10.8. The molecule has 1 fully saturated rings. The molecule has 3 aromatic rings. The highest BCUT2D eigenvalue weighted by Gasteiger charge is 2.20. The smallest absolute Gasteiger partial charge is 0.155 e. The van der Waals surface area contributed by atoms with Crippen LogP contribution in [0.1, 0.15) is 11.1 Å². The minimum atomic E-state index is 0.214. The third-order valence-corrected chi connectivity index (χ3v) is 6.48. The third-order valence-electron chi connectivity index (χ3n) is 5.59. The van der Waals surface area contributed by atoms with Gasteiger partial charge < -0.3 is 14.0 Å². The van der Waals surface area contributed by atoms with Crippen LogP contribution in [0.2, 0.25) is 5.02 Å². The Labute approximate surface area is 208 Å². The lowest BCUT2D eigenvalue weighted by molar-refractivity contribution is -0.0274. The number of rotatable bonds is 9. The van der Waals surface area contributed by atoms with Crippen molar-refractivity contribution in [2.45, 2.75) is 12.6 Å². The van der Waals surface area contributed by atoms with Crippen molar-refractivity contribution in [3.63, 3.8) is 0 Å². The van der Waals surface area contributed by atoms with Crippen LogP contribution in [0.5, 0.6) is 5.75 Å². The van der Waals surface area contributed by atoms with Crippen molar-refractivity contribution < 1.29 is 9.47 Å². The summed E-state index contributed by atoms with van der Waals surface area (Å²) in [6.45, 7) is 4.64. The summed E-state index contributed by atoms with van der Waals surface area (Å²) in [5, 5.41) is 11.1. The van der Waals surface area contributed by atoms with E-state index in [2.05, 4.69) is 40.0 Å². The summed E-state index contributed by atoms with van der Waals surface area (Å²) < 4.78 is 16.8. The number of nitrogens with zero attached hydrogens (tertiary/aromatic N) is 3. The zero-order valence-corrected chi connectivity index (χ0v) is 20.7. The number of morpholine rings is 1. The number of hydrogen-bond donors (Lipinski definition) is 1. The molecule has 33 heavy (non-hydrogen) atoms. The van der Waals surface area contributed by atoms with Crippen molar-refractivity contribution in [1.29, 1.82) is 5.26 Å². The molecule has 0 saturated carbocycles. The van der Waals surface area contributed by atoms with E-state index < -0.39 is 0 Å². The number of aromatic nitrogens is 1. The molecule has 1 unspecified atom stereocenters. The molecular weight excluding hydrogens is 479 g/mol. The van der Waals surface area contributed by atoms with Gasteiger partial charge in [0.05, 0.1) is 34.7 Å². The molecule has 1 aromatic heterocycles. The van der Waals surface area contributed by atoms with Crippen molar-refractivity contribution >= 4 is 46.1 Å². The largest absolute Gasteiger partial charge is 0.489 e. The standard InChI is InChI=1S/C24H26Cl2N4O2S/c1-33-28-14-21-16-29(7-9-31-21)15-17-2-3-23-18(10-17)4-6-30(23)20-11-19(13-27)24(22(26)12-20)32-8-5-25/h2-4,6,10-12,21,28H,5,7-9,14-16H2,1H3. The minimum Gasteiger partial charge on any atom is -0.489 e. The predicted octanol–water partition coefficient (Wildman–Crippen LogP) is 4.84. The van der Waals surface area contributed by atoms with E-state index in [9.17, 15) is 5.26 Å². The van der Waals surface area contributed by atoms with Gasteiger partial charge in [0.25, 0.3) is 0 Å². The highest BCUT2D eigenvalue weighted by molar-refractivity contribution is 7.96. The summed E-state index contributed by atoms with van der Waals surface area (Å²) >= 11 is 13.8. The van der Waals surface area contributed by atoms with Crippen molar-refractivity contribution in [2.75, 3.05) is 45.0 Å². The van der Waals surface area contributed by atoms with Crippen LogP contribution in [0.25, 0.3) is 16.6 Å². The van der Waals surface area contributed by atoms with Gasteiger partial charge in [0.15, 0.2) is 5.75 Å². The summed E-state index contributed by atoms with van der Waals surface area (Å²) in [6.07, 6.45) is 4.24. The molecule has 0 radical (unpaired) electrons. The zero-order chi connectivity index (χ0) is 23.2. The molecule has 174 valence electrons. The van der Waals surface area contributed by atoms with Crippen LogP contribution >= 0.6 is 35.1 Å². The van der Waals surface area contributed by atoms with Crippen LogP contribution in [0, 0.1) is 11.3 Å². The second-order valence-electron chi connectivity index (χ2n) is 7.81. The van der Waals surface area contributed by atoms with Crippen molar-refractivity contribution in [3.8, 4) is 17.5 Å². The maximum Gasteiger partial charge on any atom is 0.155 e. The highest BCUT2D eigenvalue weighted by Crippen LogP contribution is 2.33. The van der Waals surface area contributed by atoms with Crippen molar-refractivity contribution in [3.05, 3.63) is 58.7 Å². The van der Waals surface area contributed by atoms with Crippen molar-refractivity contribution in [1.82, 2.24) is 14.2 Å². The van der Waals surface area contributed by atoms with Gasteiger partial charge in [-0.3, -0.25) is 9.62 Å². The Morgan fingerprint density at radius 3 is 2.97 bits per heavy atom. The molecule has 1 aliphatic rings. The van der Waals surface area contributed by atoms with E-state index in [4.69, 9.17) is 32.7 Å². The maximum absolute atomic E-state index is 9.59. The number of hydrogen-bond acceptors (Lipinski definition) is 6. The Morgan fingerprint density at radius 2 is 2.18 bits per heavy atom. The van der Waals surface area contributed by atoms with Crippen LogP contribution in [0.3, 0.4) is 0 Å². The lowest BCUT2D eigenvalue weighted by Gasteiger charge is -2.33. The normalized spacial score (nSPS) is 16.7. The number of alkyl halides is 1. The van der Waals surface area contributed by atoms with E-state index in [1.165, 1.54) is 5.56 Å². The van der Waals surface area contributed by atoms with E-state index in [1.54, 1.807) is 18.0 Å². The summed E-state index contributed by atoms with van der Waals surface area (Å²) in [7, 11) is 0. The van der Waals surface area contributed by atoms with E-state index in [-0.39, 0.29) is 6.10 Å². The Hall–Kier alpha value is -1.92. The van der Waals surface area contributed by atoms with Gasteiger partial charge in [-0.05, 0) is 42.2 Å². The topological polar surface area (TPSA) is 62.5 Å². The number of benzene rings is 2. The minimum absolute atomic E-state index is 0.214. The maximum atomic E-state index is 9.59. The van der Waals surface area contributed by atoms with Crippen LogP contribution in [0.4, 0.5) is 0 Å². The molecule has 4 rings (SSSR count). The Morgan fingerprint density at radius 1 is 1.30 bits per heavy atom. The number of fused-ring (bicyclic) bond motifs is 1. The molecule has 1 N–H and O–H groups in total. The van der Waals surface area contributed by atoms with Gasteiger partial charge in [0.2, 0.25) is 0 Å².